The molecule has 2 rings (SSSR count). The van der Waals surface area contributed by atoms with E-state index in [2.05, 4.69) is 20.9 Å². The Balaban J connectivity index is 1.88. The Kier molecular flexibility index (Phi) is 4.99. The fourth-order valence-electron chi connectivity index (χ4n) is 1.60. The highest BCUT2D eigenvalue weighted by Crippen LogP contribution is 2.22. The lowest BCUT2D eigenvalue weighted by Crippen LogP contribution is -2.06. The number of nitrogen functional groups attached to an aromatic ring is 1. The highest BCUT2D eigenvalue weighted by Gasteiger charge is 2.05. The summed E-state index contributed by atoms with van der Waals surface area (Å²) in [6, 6.07) is 11.5. The third kappa shape index (κ3) is 4.69. The van der Waals surface area contributed by atoms with Gasteiger partial charge in [-0.1, -0.05) is 22.0 Å². The van der Waals surface area contributed by atoms with Crippen LogP contribution < -0.4 is 5.73 Å². The Morgan fingerprint density at radius 2 is 2.16 bits per heavy atom. The first kappa shape index (κ1) is 14.1. The molecule has 1 aromatic carbocycles. The average molecular weight is 337 g/mol. The van der Waals surface area contributed by atoms with Crippen LogP contribution in [0.2, 0.25) is 0 Å². The smallest absolute Gasteiger partial charge is 0.147 e. The van der Waals surface area contributed by atoms with Crippen LogP contribution in [0, 0.1) is 0 Å². The molecule has 0 bridgehead atoms. The van der Waals surface area contributed by atoms with Crippen molar-refractivity contribution < 1.29 is 4.79 Å². The molecule has 2 N–H and O–H groups in total. The predicted molar refractivity (Wildman–Crippen MR) is 82.2 cm³/mol. The van der Waals surface area contributed by atoms with Crippen molar-refractivity contribution in [2.24, 2.45) is 0 Å². The Hall–Kier alpha value is -1.33. The number of hydrogen-bond acceptors (Lipinski definition) is 4. The van der Waals surface area contributed by atoms with Crippen molar-refractivity contribution in [2.75, 3.05) is 11.5 Å². The van der Waals surface area contributed by atoms with Gasteiger partial charge in [-0.3, -0.25) is 4.79 Å². The fraction of sp³-hybridized carbons (Fsp3) is 0.143. The van der Waals surface area contributed by atoms with E-state index in [4.69, 9.17) is 5.73 Å². The Bertz CT molecular complexity index is 589. The summed E-state index contributed by atoms with van der Waals surface area (Å²) >= 11 is 4.95. The van der Waals surface area contributed by atoms with Gasteiger partial charge in [0, 0.05) is 22.0 Å². The zero-order valence-electron chi connectivity index (χ0n) is 10.2. The number of benzene rings is 1. The maximum Gasteiger partial charge on any atom is 0.147 e. The molecule has 0 radical (unpaired) electrons. The second-order valence-electron chi connectivity index (χ2n) is 4.05. The van der Waals surface area contributed by atoms with Crippen LogP contribution in [0.4, 0.5) is 5.82 Å². The van der Waals surface area contributed by atoms with Gasteiger partial charge in [-0.25, -0.2) is 4.98 Å². The molecule has 1 aromatic heterocycles. The summed E-state index contributed by atoms with van der Waals surface area (Å²) in [6.07, 6.45) is 2.02. The van der Waals surface area contributed by atoms with Gasteiger partial charge in [-0.05, 0) is 35.9 Å². The van der Waals surface area contributed by atoms with Crippen LogP contribution in [0.5, 0.6) is 0 Å². The summed E-state index contributed by atoms with van der Waals surface area (Å²) in [5.74, 6) is 1.08. The van der Waals surface area contributed by atoms with E-state index >= 15 is 0 Å². The molecular weight excluding hydrogens is 324 g/mol. The minimum atomic E-state index is 0.176. The molecule has 98 valence electrons. The summed E-state index contributed by atoms with van der Waals surface area (Å²) in [7, 11) is 0. The summed E-state index contributed by atoms with van der Waals surface area (Å²) in [5, 5.41) is 0. The number of anilines is 1. The molecule has 0 amide bonds. The van der Waals surface area contributed by atoms with E-state index in [-0.39, 0.29) is 5.78 Å². The molecule has 0 atom stereocenters. The van der Waals surface area contributed by atoms with Crippen molar-refractivity contribution in [3.8, 4) is 0 Å². The lowest BCUT2D eigenvalue weighted by atomic mass is 10.1. The number of carbonyl (C=O) groups is 1. The maximum atomic E-state index is 11.9. The lowest BCUT2D eigenvalue weighted by Gasteiger charge is -2.03. The Morgan fingerprint density at radius 3 is 2.89 bits per heavy atom. The first-order chi connectivity index (χ1) is 9.13. The van der Waals surface area contributed by atoms with Gasteiger partial charge in [0.15, 0.2) is 0 Å². The van der Waals surface area contributed by atoms with Crippen LogP contribution in [0.25, 0.3) is 0 Å². The van der Waals surface area contributed by atoms with Gasteiger partial charge < -0.3 is 5.73 Å². The van der Waals surface area contributed by atoms with Gasteiger partial charge in [0.05, 0.1) is 5.75 Å². The van der Waals surface area contributed by atoms with E-state index in [1.54, 1.807) is 12.3 Å². The number of nitrogens with two attached hydrogens (primary N) is 1. The van der Waals surface area contributed by atoms with Crippen LogP contribution in [-0.2, 0) is 11.2 Å². The number of thioether (sulfide) groups is 1. The van der Waals surface area contributed by atoms with Crippen molar-refractivity contribution in [3.63, 3.8) is 0 Å². The number of carbonyl (C=O) groups excluding carboxylic acids is 1. The number of halogens is 1. The van der Waals surface area contributed by atoms with Gasteiger partial charge in [-0.2, -0.15) is 0 Å². The number of hydrogen-bond donors (Lipinski definition) is 1. The SMILES string of the molecule is Nc1cc(CC(=O)CSc2cccc(Br)c2)ccn1. The largest absolute Gasteiger partial charge is 0.384 e. The van der Waals surface area contributed by atoms with Crippen LogP contribution >= 0.6 is 27.7 Å². The van der Waals surface area contributed by atoms with Crippen LogP contribution in [0.1, 0.15) is 5.56 Å². The summed E-state index contributed by atoms with van der Waals surface area (Å²) in [6.45, 7) is 0. The minimum Gasteiger partial charge on any atom is -0.384 e. The molecule has 1 heterocycles. The van der Waals surface area contributed by atoms with Crippen molar-refractivity contribution in [1.82, 2.24) is 4.98 Å². The molecule has 0 saturated heterocycles. The van der Waals surface area contributed by atoms with Crippen LogP contribution in [0.15, 0.2) is 52.0 Å². The van der Waals surface area contributed by atoms with E-state index in [9.17, 15) is 4.79 Å². The zero-order valence-corrected chi connectivity index (χ0v) is 12.6. The van der Waals surface area contributed by atoms with E-state index in [0.29, 0.717) is 18.0 Å². The van der Waals surface area contributed by atoms with Gasteiger partial charge in [0.2, 0.25) is 0 Å². The standard InChI is InChI=1S/C14H13BrN2OS/c15-11-2-1-3-13(8-11)19-9-12(18)6-10-4-5-17-14(16)7-10/h1-5,7-8H,6,9H2,(H2,16,17). The monoisotopic (exact) mass is 336 g/mol. The third-order valence-electron chi connectivity index (χ3n) is 2.44. The maximum absolute atomic E-state index is 11.9. The van der Waals surface area contributed by atoms with Crippen molar-refractivity contribution in [2.45, 2.75) is 11.3 Å². The van der Waals surface area contributed by atoms with Crippen LogP contribution in [-0.4, -0.2) is 16.5 Å². The summed E-state index contributed by atoms with van der Waals surface area (Å²) in [5.41, 5.74) is 6.49. The molecular formula is C14H13BrN2OS. The van der Waals surface area contributed by atoms with Crippen molar-refractivity contribution in [3.05, 3.63) is 52.6 Å². The van der Waals surface area contributed by atoms with E-state index < -0.39 is 0 Å². The number of ketones is 1. The quantitative estimate of drug-likeness (QED) is 0.851. The first-order valence-electron chi connectivity index (χ1n) is 5.74. The predicted octanol–water partition coefficient (Wildman–Crippen LogP) is 3.33. The van der Waals surface area contributed by atoms with Gasteiger partial charge >= 0.3 is 0 Å². The number of rotatable bonds is 5. The lowest BCUT2D eigenvalue weighted by molar-refractivity contribution is -0.116. The van der Waals surface area contributed by atoms with Crippen LogP contribution in [0.3, 0.4) is 0 Å². The molecule has 0 aliphatic carbocycles. The van der Waals surface area contributed by atoms with E-state index in [1.165, 1.54) is 11.8 Å². The molecule has 0 fully saturated rings. The number of nitrogens with zero attached hydrogens (tertiary/aromatic N) is 1. The number of aromatic nitrogens is 1. The molecule has 5 heteroatoms. The van der Waals surface area contributed by atoms with Gasteiger partial charge in [-0.15, -0.1) is 11.8 Å². The van der Waals surface area contributed by atoms with Gasteiger partial charge in [0.1, 0.15) is 11.6 Å². The second-order valence-corrected chi connectivity index (χ2v) is 6.01. The molecule has 19 heavy (non-hydrogen) atoms. The summed E-state index contributed by atoms with van der Waals surface area (Å²) < 4.78 is 1.02. The Morgan fingerprint density at radius 1 is 1.32 bits per heavy atom. The summed E-state index contributed by atoms with van der Waals surface area (Å²) in [4.78, 5) is 16.9. The molecule has 2 aromatic rings. The van der Waals surface area contributed by atoms with E-state index in [1.807, 2.05) is 30.3 Å². The zero-order chi connectivity index (χ0) is 13.7. The number of pyridine rings is 1. The molecule has 0 unspecified atom stereocenters. The highest BCUT2D eigenvalue weighted by atomic mass is 79.9. The normalized spacial score (nSPS) is 10.4. The first-order valence-corrected chi connectivity index (χ1v) is 7.52. The second kappa shape index (κ2) is 6.73. The van der Waals surface area contributed by atoms with Crippen molar-refractivity contribution in [1.29, 1.82) is 0 Å². The minimum absolute atomic E-state index is 0.176. The average Bonchev–Trinajstić information content (AvgIpc) is 2.36. The molecule has 0 aliphatic rings. The van der Waals surface area contributed by atoms with Gasteiger partial charge in [0.25, 0.3) is 0 Å². The number of Topliss-reactive ketones (excluding diaryl/α,β-unsaturated/α-hetero) is 1. The fourth-order valence-corrected chi connectivity index (χ4v) is 2.97. The highest BCUT2D eigenvalue weighted by molar-refractivity contribution is 9.10. The molecule has 0 aliphatic heterocycles. The molecule has 0 saturated carbocycles. The Labute approximate surface area is 124 Å². The van der Waals surface area contributed by atoms with Crippen molar-refractivity contribution >= 4 is 39.3 Å². The van der Waals surface area contributed by atoms with E-state index in [0.717, 1.165) is 14.9 Å². The molecule has 3 nitrogen and oxygen atoms in total. The topological polar surface area (TPSA) is 56.0 Å². The third-order valence-corrected chi connectivity index (χ3v) is 3.99. The molecule has 0 spiro atoms.